The fourth-order valence-electron chi connectivity index (χ4n) is 1.48. The molecule has 110 valence electrons. The van der Waals surface area contributed by atoms with Gasteiger partial charge in [0.1, 0.15) is 5.56 Å². The van der Waals surface area contributed by atoms with Crippen molar-refractivity contribution in [2.24, 2.45) is 0 Å². The minimum atomic E-state index is -1.11. The molecular formula is C11H10N4O5S. The molecule has 0 atom stereocenters. The van der Waals surface area contributed by atoms with Gasteiger partial charge in [-0.1, -0.05) is 0 Å². The number of thiazole rings is 1. The number of aromatic nitrogens is 3. The van der Waals surface area contributed by atoms with Crippen molar-refractivity contribution < 1.29 is 14.7 Å². The van der Waals surface area contributed by atoms with Crippen molar-refractivity contribution >= 4 is 23.2 Å². The number of carboxylic acid groups (broad SMARTS) is 1. The lowest BCUT2D eigenvalue weighted by molar-refractivity contribution is 0.0690. The van der Waals surface area contributed by atoms with Gasteiger partial charge in [-0.3, -0.25) is 14.6 Å². The Bertz CT molecular complexity index is 790. The molecule has 1 amide bonds. The van der Waals surface area contributed by atoms with Crippen LogP contribution in [0.2, 0.25) is 0 Å². The molecular weight excluding hydrogens is 300 g/mol. The minimum absolute atomic E-state index is 0.0431. The molecule has 0 fully saturated rings. The summed E-state index contributed by atoms with van der Waals surface area (Å²) in [6.45, 7) is 0.184. The maximum absolute atomic E-state index is 11.7. The van der Waals surface area contributed by atoms with Gasteiger partial charge in [-0.2, -0.15) is 0 Å². The first kappa shape index (κ1) is 14.7. The Morgan fingerprint density at radius 1 is 1.38 bits per heavy atom. The summed E-state index contributed by atoms with van der Waals surface area (Å²) in [6, 6.07) is 0. The normalized spacial score (nSPS) is 10.3. The van der Waals surface area contributed by atoms with Gasteiger partial charge in [0.05, 0.1) is 5.01 Å². The van der Waals surface area contributed by atoms with Crippen LogP contribution in [0.5, 0.6) is 0 Å². The predicted molar refractivity (Wildman–Crippen MR) is 72.8 cm³/mol. The maximum atomic E-state index is 11.7. The van der Waals surface area contributed by atoms with E-state index in [2.05, 4.69) is 15.3 Å². The first-order valence-corrected chi connectivity index (χ1v) is 6.63. The first-order valence-electron chi connectivity index (χ1n) is 5.75. The van der Waals surface area contributed by atoms with Crippen LogP contribution in [0.15, 0.2) is 21.2 Å². The van der Waals surface area contributed by atoms with Gasteiger partial charge < -0.3 is 15.4 Å². The van der Waals surface area contributed by atoms with Crippen LogP contribution >= 0.6 is 11.3 Å². The summed E-state index contributed by atoms with van der Waals surface area (Å²) in [6.07, 6.45) is 1.37. The summed E-state index contributed by atoms with van der Waals surface area (Å²) in [7, 11) is 0. The van der Waals surface area contributed by atoms with Crippen molar-refractivity contribution in [1.82, 2.24) is 20.3 Å². The number of carbonyl (C=O) groups excluding carboxylic acids is 1. The predicted octanol–water partition coefficient (Wildman–Crippen LogP) is -0.810. The van der Waals surface area contributed by atoms with Crippen LogP contribution in [-0.4, -0.2) is 38.5 Å². The summed E-state index contributed by atoms with van der Waals surface area (Å²) in [5, 5.41) is 13.2. The minimum Gasteiger partial charge on any atom is -0.476 e. The number of carbonyl (C=O) groups is 2. The Balaban J connectivity index is 1.93. The first-order chi connectivity index (χ1) is 9.97. The van der Waals surface area contributed by atoms with Crippen LogP contribution in [0.4, 0.5) is 0 Å². The summed E-state index contributed by atoms with van der Waals surface area (Å²) >= 11 is 1.17. The SMILES string of the molecule is O=C(O)c1csc(CCNC(=O)c2c[nH]c(=O)[nH]c2=O)n1. The Morgan fingerprint density at radius 2 is 2.14 bits per heavy atom. The number of amides is 1. The number of aromatic carboxylic acids is 1. The fourth-order valence-corrected chi connectivity index (χ4v) is 2.25. The van der Waals surface area contributed by atoms with E-state index in [-0.39, 0.29) is 17.8 Å². The van der Waals surface area contributed by atoms with Gasteiger partial charge in [0.15, 0.2) is 5.69 Å². The Labute approximate surface area is 120 Å². The van der Waals surface area contributed by atoms with Gasteiger partial charge in [0, 0.05) is 24.5 Å². The monoisotopic (exact) mass is 310 g/mol. The Kier molecular flexibility index (Phi) is 4.28. The lowest BCUT2D eigenvalue weighted by Gasteiger charge is -2.02. The van der Waals surface area contributed by atoms with Crippen LogP contribution in [0.25, 0.3) is 0 Å². The van der Waals surface area contributed by atoms with E-state index >= 15 is 0 Å². The molecule has 2 heterocycles. The molecule has 0 spiro atoms. The molecule has 0 aliphatic heterocycles. The average Bonchev–Trinajstić information content (AvgIpc) is 2.87. The largest absolute Gasteiger partial charge is 0.476 e. The van der Waals surface area contributed by atoms with E-state index < -0.39 is 23.1 Å². The lowest BCUT2D eigenvalue weighted by Crippen LogP contribution is -2.34. The quantitative estimate of drug-likeness (QED) is 0.568. The van der Waals surface area contributed by atoms with Gasteiger partial charge in [-0.05, 0) is 0 Å². The number of aromatic amines is 2. The Morgan fingerprint density at radius 3 is 2.76 bits per heavy atom. The molecule has 0 saturated carbocycles. The molecule has 2 aromatic rings. The number of nitrogens with zero attached hydrogens (tertiary/aromatic N) is 1. The van der Waals surface area contributed by atoms with Crippen LogP contribution in [0, 0.1) is 0 Å². The van der Waals surface area contributed by atoms with Gasteiger partial charge in [0.2, 0.25) is 0 Å². The third kappa shape index (κ3) is 3.63. The number of rotatable bonds is 5. The number of carboxylic acids is 1. The molecule has 10 heteroatoms. The zero-order valence-electron chi connectivity index (χ0n) is 10.5. The van der Waals surface area contributed by atoms with Crippen molar-refractivity contribution in [3.05, 3.63) is 48.7 Å². The van der Waals surface area contributed by atoms with Crippen LogP contribution in [0.1, 0.15) is 25.9 Å². The number of H-pyrrole nitrogens is 2. The molecule has 0 aliphatic rings. The van der Waals surface area contributed by atoms with E-state index in [1.807, 2.05) is 4.98 Å². The molecule has 0 unspecified atom stereocenters. The standard InChI is InChI=1S/C11H10N4O5S/c16-8(5-3-13-11(20)15-9(5)17)12-2-1-7-14-6(4-21-7)10(18)19/h3-4H,1-2H2,(H,12,16)(H,18,19)(H2,13,15,17,20). The molecule has 2 aromatic heterocycles. The highest BCUT2D eigenvalue weighted by atomic mass is 32.1. The molecule has 9 nitrogen and oxygen atoms in total. The molecule has 0 radical (unpaired) electrons. The third-order valence-corrected chi connectivity index (χ3v) is 3.37. The smallest absolute Gasteiger partial charge is 0.355 e. The van der Waals surface area contributed by atoms with Crippen LogP contribution < -0.4 is 16.6 Å². The van der Waals surface area contributed by atoms with Gasteiger partial charge in [0.25, 0.3) is 11.5 Å². The van der Waals surface area contributed by atoms with Crippen LogP contribution in [-0.2, 0) is 6.42 Å². The van der Waals surface area contributed by atoms with Crippen molar-refractivity contribution in [1.29, 1.82) is 0 Å². The van der Waals surface area contributed by atoms with Gasteiger partial charge in [-0.25, -0.2) is 14.6 Å². The summed E-state index contributed by atoms with van der Waals surface area (Å²) < 4.78 is 0. The second-order valence-electron chi connectivity index (χ2n) is 3.92. The molecule has 0 aromatic carbocycles. The second kappa shape index (κ2) is 6.13. The lowest BCUT2D eigenvalue weighted by atomic mass is 10.3. The van der Waals surface area contributed by atoms with Crippen molar-refractivity contribution in [3.8, 4) is 0 Å². The molecule has 4 N–H and O–H groups in total. The highest BCUT2D eigenvalue weighted by molar-refractivity contribution is 7.09. The molecule has 0 bridgehead atoms. The second-order valence-corrected chi connectivity index (χ2v) is 4.87. The highest BCUT2D eigenvalue weighted by Gasteiger charge is 2.12. The van der Waals surface area contributed by atoms with Crippen LogP contribution in [0.3, 0.4) is 0 Å². The van der Waals surface area contributed by atoms with E-state index in [9.17, 15) is 19.2 Å². The summed E-state index contributed by atoms with van der Waals surface area (Å²) in [5.41, 5.74) is -1.72. The van der Waals surface area contributed by atoms with E-state index in [1.54, 1.807) is 0 Å². The Hall–Kier alpha value is -2.75. The number of hydrogen-bond acceptors (Lipinski definition) is 6. The summed E-state index contributed by atoms with van der Waals surface area (Å²) in [5.74, 6) is -1.75. The van der Waals surface area contributed by atoms with Crippen molar-refractivity contribution in [3.63, 3.8) is 0 Å². The van der Waals surface area contributed by atoms with E-state index in [1.165, 1.54) is 16.7 Å². The zero-order chi connectivity index (χ0) is 15.4. The molecule has 2 rings (SSSR count). The summed E-state index contributed by atoms with van der Waals surface area (Å²) in [4.78, 5) is 52.6. The zero-order valence-corrected chi connectivity index (χ0v) is 11.3. The highest BCUT2D eigenvalue weighted by Crippen LogP contribution is 2.09. The van der Waals surface area contributed by atoms with Gasteiger partial charge in [-0.15, -0.1) is 11.3 Å². The molecule has 0 aliphatic carbocycles. The van der Waals surface area contributed by atoms with Crippen molar-refractivity contribution in [2.75, 3.05) is 6.54 Å². The molecule has 0 saturated heterocycles. The van der Waals surface area contributed by atoms with E-state index in [0.717, 1.165) is 6.20 Å². The molecule has 21 heavy (non-hydrogen) atoms. The average molecular weight is 310 g/mol. The number of hydrogen-bond donors (Lipinski definition) is 4. The van der Waals surface area contributed by atoms with E-state index in [4.69, 9.17) is 5.11 Å². The topological polar surface area (TPSA) is 145 Å². The van der Waals surface area contributed by atoms with Crippen molar-refractivity contribution in [2.45, 2.75) is 6.42 Å². The fraction of sp³-hybridized carbons (Fsp3) is 0.182. The maximum Gasteiger partial charge on any atom is 0.355 e. The number of nitrogens with one attached hydrogen (secondary N) is 3. The third-order valence-electron chi connectivity index (χ3n) is 2.46. The van der Waals surface area contributed by atoms with E-state index in [0.29, 0.717) is 11.4 Å². The van der Waals surface area contributed by atoms with Gasteiger partial charge >= 0.3 is 11.7 Å².